The molecule has 0 spiro atoms. The van der Waals surface area contributed by atoms with Gasteiger partial charge in [-0.1, -0.05) is 25.1 Å². The monoisotopic (exact) mass is 412 g/mol. The first-order chi connectivity index (χ1) is 13.2. The van der Waals surface area contributed by atoms with E-state index in [9.17, 15) is 8.42 Å². The molecule has 28 heavy (non-hydrogen) atoms. The van der Waals surface area contributed by atoms with Gasteiger partial charge in [0.25, 0.3) is 0 Å². The molecule has 1 unspecified atom stereocenters. The van der Waals surface area contributed by atoms with Crippen LogP contribution in [0.4, 0.5) is 0 Å². The maximum Gasteiger partial charge on any atom is 0.414 e. The number of aliphatic carboxylic acids is 2. The summed E-state index contributed by atoms with van der Waals surface area (Å²) in [5, 5.41) is 14.8. The van der Waals surface area contributed by atoms with E-state index in [0.29, 0.717) is 24.0 Å². The number of carbonyl (C=O) groups is 2. The van der Waals surface area contributed by atoms with Crippen LogP contribution in [0.5, 0.6) is 0 Å². The van der Waals surface area contributed by atoms with Crippen molar-refractivity contribution in [1.82, 2.24) is 9.21 Å². The molecule has 8 nitrogen and oxygen atoms in total. The van der Waals surface area contributed by atoms with Gasteiger partial charge in [-0.2, -0.15) is 4.31 Å². The van der Waals surface area contributed by atoms with Gasteiger partial charge >= 0.3 is 11.9 Å². The van der Waals surface area contributed by atoms with Gasteiger partial charge in [-0.25, -0.2) is 18.0 Å². The van der Waals surface area contributed by atoms with Crippen molar-refractivity contribution in [3.05, 3.63) is 30.3 Å². The fraction of sp³-hybridized carbons (Fsp3) is 0.579. The minimum absolute atomic E-state index is 0.417. The lowest BCUT2D eigenvalue weighted by Crippen LogP contribution is -2.49. The molecule has 1 atom stereocenters. The van der Waals surface area contributed by atoms with Gasteiger partial charge in [-0.05, 0) is 50.3 Å². The average Bonchev–Trinajstić information content (AvgIpc) is 2.69. The Morgan fingerprint density at radius 3 is 2.04 bits per heavy atom. The Hall–Kier alpha value is -1.97. The summed E-state index contributed by atoms with van der Waals surface area (Å²) in [5.74, 6) is -2.87. The van der Waals surface area contributed by atoms with E-state index < -0.39 is 22.0 Å². The fourth-order valence-corrected chi connectivity index (χ4v) is 5.24. The van der Waals surface area contributed by atoms with Crippen LogP contribution in [0.25, 0.3) is 0 Å². The molecular weight excluding hydrogens is 384 g/mol. The highest BCUT2D eigenvalue weighted by Crippen LogP contribution is 2.26. The molecular formula is C19H28N2O6S. The van der Waals surface area contributed by atoms with E-state index in [0.717, 1.165) is 18.8 Å². The number of piperidine rings is 2. The van der Waals surface area contributed by atoms with Gasteiger partial charge in [0.1, 0.15) is 0 Å². The third kappa shape index (κ3) is 6.02. The Labute approximate surface area is 165 Å². The zero-order valence-electron chi connectivity index (χ0n) is 16.0. The fourth-order valence-electron chi connectivity index (χ4n) is 3.75. The summed E-state index contributed by atoms with van der Waals surface area (Å²) in [5.41, 5.74) is 0. The number of benzene rings is 1. The second-order valence-electron chi connectivity index (χ2n) is 7.30. The van der Waals surface area contributed by atoms with Crippen LogP contribution >= 0.6 is 0 Å². The van der Waals surface area contributed by atoms with Crippen LogP contribution in [0.15, 0.2) is 35.2 Å². The van der Waals surface area contributed by atoms with Crippen LogP contribution < -0.4 is 0 Å². The van der Waals surface area contributed by atoms with Crippen LogP contribution in [-0.2, 0) is 19.6 Å². The van der Waals surface area contributed by atoms with Crippen LogP contribution in [0.1, 0.15) is 32.6 Å². The van der Waals surface area contributed by atoms with Crippen molar-refractivity contribution < 1.29 is 28.2 Å². The molecule has 9 heteroatoms. The molecule has 0 amide bonds. The van der Waals surface area contributed by atoms with Gasteiger partial charge in [-0.3, -0.25) is 0 Å². The third-order valence-corrected chi connectivity index (χ3v) is 7.11. The van der Waals surface area contributed by atoms with Crippen molar-refractivity contribution in [3.8, 4) is 0 Å². The van der Waals surface area contributed by atoms with E-state index in [1.54, 1.807) is 28.6 Å². The molecule has 0 aromatic heterocycles. The highest BCUT2D eigenvalue weighted by Gasteiger charge is 2.32. The number of likely N-dealkylation sites (tertiary alicyclic amines) is 1. The minimum Gasteiger partial charge on any atom is -0.473 e. The van der Waals surface area contributed by atoms with Crippen LogP contribution in [0, 0.1) is 5.92 Å². The summed E-state index contributed by atoms with van der Waals surface area (Å²) in [6, 6.07) is 9.36. The molecule has 1 aromatic rings. The normalized spacial score (nSPS) is 22.1. The molecule has 2 heterocycles. The summed E-state index contributed by atoms with van der Waals surface area (Å²) in [6.07, 6.45) is 4.53. The molecule has 2 aliphatic heterocycles. The van der Waals surface area contributed by atoms with Crippen molar-refractivity contribution >= 4 is 22.0 Å². The lowest BCUT2D eigenvalue weighted by Gasteiger charge is -2.41. The van der Waals surface area contributed by atoms with Crippen molar-refractivity contribution in [1.29, 1.82) is 0 Å². The van der Waals surface area contributed by atoms with E-state index in [2.05, 4.69) is 11.8 Å². The molecule has 0 bridgehead atoms. The van der Waals surface area contributed by atoms with Crippen LogP contribution in [-0.4, -0.2) is 72.0 Å². The zero-order chi connectivity index (χ0) is 20.7. The second kappa shape index (κ2) is 9.99. The maximum atomic E-state index is 12.6. The van der Waals surface area contributed by atoms with Gasteiger partial charge in [-0.15, -0.1) is 0 Å². The topological polar surface area (TPSA) is 115 Å². The Balaban J connectivity index is 0.000000409. The minimum atomic E-state index is -3.31. The molecule has 156 valence electrons. The van der Waals surface area contributed by atoms with Crippen LogP contribution in [0.2, 0.25) is 0 Å². The molecule has 0 radical (unpaired) electrons. The molecule has 2 saturated heterocycles. The quantitative estimate of drug-likeness (QED) is 0.727. The number of hydrogen-bond donors (Lipinski definition) is 2. The average molecular weight is 413 g/mol. The molecule has 2 N–H and O–H groups in total. The first-order valence-corrected chi connectivity index (χ1v) is 10.9. The molecule has 2 fully saturated rings. The largest absolute Gasteiger partial charge is 0.473 e. The number of carboxylic acids is 2. The second-order valence-corrected chi connectivity index (χ2v) is 9.24. The van der Waals surface area contributed by atoms with Gasteiger partial charge in [0.05, 0.1) is 4.90 Å². The zero-order valence-corrected chi connectivity index (χ0v) is 16.8. The van der Waals surface area contributed by atoms with E-state index in [4.69, 9.17) is 19.8 Å². The van der Waals surface area contributed by atoms with Crippen LogP contribution in [0.3, 0.4) is 0 Å². The first-order valence-electron chi connectivity index (χ1n) is 9.47. The molecule has 2 aliphatic rings. The Kier molecular flexibility index (Phi) is 7.97. The van der Waals surface area contributed by atoms with Gasteiger partial charge < -0.3 is 15.1 Å². The van der Waals surface area contributed by atoms with Gasteiger partial charge in [0.15, 0.2) is 0 Å². The van der Waals surface area contributed by atoms with E-state index >= 15 is 0 Å². The summed E-state index contributed by atoms with van der Waals surface area (Å²) < 4.78 is 26.9. The molecule has 1 aromatic carbocycles. The predicted molar refractivity (Wildman–Crippen MR) is 103 cm³/mol. The number of nitrogens with zero attached hydrogens (tertiary/aromatic N) is 2. The summed E-state index contributed by atoms with van der Waals surface area (Å²) in [7, 11) is -3.31. The summed E-state index contributed by atoms with van der Waals surface area (Å²) in [6.45, 7) is 5.97. The van der Waals surface area contributed by atoms with Crippen molar-refractivity contribution in [2.45, 2.75) is 43.5 Å². The predicted octanol–water partition coefficient (Wildman–Crippen LogP) is 1.73. The highest BCUT2D eigenvalue weighted by atomic mass is 32.2. The molecule has 0 saturated carbocycles. The number of sulfonamides is 1. The van der Waals surface area contributed by atoms with Crippen molar-refractivity contribution in [3.63, 3.8) is 0 Å². The first kappa shape index (κ1) is 22.3. The smallest absolute Gasteiger partial charge is 0.414 e. The third-order valence-electron chi connectivity index (χ3n) is 5.19. The van der Waals surface area contributed by atoms with Gasteiger partial charge in [0, 0.05) is 25.7 Å². The molecule has 0 aliphatic carbocycles. The lowest BCUT2D eigenvalue weighted by molar-refractivity contribution is -0.159. The Bertz CT molecular complexity index is 748. The lowest BCUT2D eigenvalue weighted by atomic mass is 9.96. The number of hydrogen-bond acceptors (Lipinski definition) is 5. The van der Waals surface area contributed by atoms with E-state index in [-0.39, 0.29) is 0 Å². The SMILES string of the molecule is CC1CCCN(C2CCN(S(=O)(=O)c3ccccc3)CC2)C1.O=C(O)C(=O)O. The van der Waals surface area contributed by atoms with E-state index in [1.165, 1.54) is 25.9 Å². The van der Waals surface area contributed by atoms with Gasteiger partial charge in [0.2, 0.25) is 10.0 Å². The van der Waals surface area contributed by atoms with Crippen molar-refractivity contribution in [2.24, 2.45) is 5.92 Å². The molecule has 3 rings (SSSR count). The number of rotatable bonds is 3. The maximum absolute atomic E-state index is 12.6. The Morgan fingerprint density at radius 2 is 1.54 bits per heavy atom. The standard InChI is InChI=1S/C17H26N2O2S.C2H2O4/c1-15-6-5-11-18(14-15)16-9-12-19(13-10-16)22(20,21)17-7-3-2-4-8-17;3-1(4)2(5)6/h2-4,7-8,15-16H,5-6,9-14H2,1H3;(H,3,4)(H,5,6). The summed E-state index contributed by atoms with van der Waals surface area (Å²) in [4.78, 5) is 21.2. The number of carboxylic acid groups (broad SMARTS) is 2. The summed E-state index contributed by atoms with van der Waals surface area (Å²) >= 11 is 0. The van der Waals surface area contributed by atoms with Crippen molar-refractivity contribution in [2.75, 3.05) is 26.2 Å². The van der Waals surface area contributed by atoms with E-state index in [1.807, 2.05) is 6.07 Å². The highest BCUT2D eigenvalue weighted by molar-refractivity contribution is 7.89. The Morgan fingerprint density at radius 1 is 0.964 bits per heavy atom.